The number of amides is 1. The largest absolute Gasteiger partial charge is 0.439 e. The summed E-state index contributed by atoms with van der Waals surface area (Å²) in [7, 11) is -3.64. The molecule has 0 saturated carbocycles. The molecule has 2 heterocycles. The Balaban J connectivity index is 1.63. The van der Waals surface area contributed by atoms with Gasteiger partial charge in [0.1, 0.15) is 9.96 Å². The second-order valence-corrected chi connectivity index (χ2v) is 10.0. The number of hydrogen-bond acceptors (Lipinski definition) is 6. The van der Waals surface area contributed by atoms with Crippen molar-refractivity contribution in [1.82, 2.24) is 10.3 Å². The molecule has 7 nitrogen and oxygen atoms in total. The van der Waals surface area contributed by atoms with Crippen molar-refractivity contribution in [2.24, 2.45) is 0 Å². The monoisotopic (exact) mass is 493 g/mol. The van der Waals surface area contributed by atoms with Crippen LogP contribution in [0, 0.1) is 0 Å². The smallest absolute Gasteiger partial charge is 0.271 e. The zero-order chi connectivity index (χ0) is 20.9. The topological polar surface area (TPSA) is 97.4 Å². The van der Waals surface area contributed by atoms with Gasteiger partial charge in [-0.05, 0) is 58.4 Å². The summed E-state index contributed by atoms with van der Waals surface area (Å²) in [6, 6.07) is 12.8. The van der Waals surface area contributed by atoms with Crippen molar-refractivity contribution in [3.8, 4) is 11.6 Å². The van der Waals surface area contributed by atoms with Crippen LogP contribution in [0.2, 0.25) is 0 Å². The standard InChI is InChI=1S/C19H16BrN3O4S2/c1-2-11-21-19(24)13-3-9-17(22-12-13)27-15-6-4-14(5-7-15)23-29(25,26)18-10-8-16(20)28-18/h2-10,12,23H,1,11H2,(H,21,24). The molecule has 0 aliphatic heterocycles. The van der Waals surface area contributed by atoms with Crippen molar-refractivity contribution in [1.29, 1.82) is 0 Å². The minimum absolute atomic E-state index is 0.214. The second-order valence-electron chi connectivity index (χ2n) is 5.67. The molecule has 10 heteroatoms. The first kappa shape index (κ1) is 21.0. The molecule has 1 amide bonds. The molecule has 2 aromatic heterocycles. The first-order chi connectivity index (χ1) is 13.9. The van der Waals surface area contributed by atoms with Gasteiger partial charge >= 0.3 is 0 Å². The van der Waals surface area contributed by atoms with E-state index in [1.54, 1.807) is 48.5 Å². The third-order valence-electron chi connectivity index (χ3n) is 3.55. The Morgan fingerprint density at radius 2 is 1.93 bits per heavy atom. The van der Waals surface area contributed by atoms with Crippen LogP contribution < -0.4 is 14.8 Å². The summed E-state index contributed by atoms with van der Waals surface area (Å²) in [4.78, 5) is 15.9. The van der Waals surface area contributed by atoms with Crippen LogP contribution in [0.4, 0.5) is 5.69 Å². The molecule has 2 N–H and O–H groups in total. The lowest BCUT2D eigenvalue weighted by atomic mass is 10.2. The minimum atomic E-state index is -3.64. The number of aromatic nitrogens is 1. The van der Waals surface area contributed by atoms with E-state index >= 15 is 0 Å². The number of nitrogens with zero attached hydrogens (tertiary/aromatic N) is 1. The Hall–Kier alpha value is -2.69. The quantitative estimate of drug-likeness (QED) is 0.452. The van der Waals surface area contributed by atoms with Gasteiger partial charge in [0.15, 0.2) is 0 Å². The van der Waals surface area contributed by atoms with Crippen molar-refractivity contribution in [3.05, 3.63) is 76.7 Å². The normalized spacial score (nSPS) is 10.9. The average molecular weight is 494 g/mol. The van der Waals surface area contributed by atoms with E-state index in [0.29, 0.717) is 29.4 Å². The van der Waals surface area contributed by atoms with Crippen LogP contribution in [-0.4, -0.2) is 25.9 Å². The van der Waals surface area contributed by atoms with E-state index in [-0.39, 0.29) is 10.1 Å². The van der Waals surface area contributed by atoms with Gasteiger partial charge in [-0.25, -0.2) is 13.4 Å². The van der Waals surface area contributed by atoms with Gasteiger partial charge in [-0.15, -0.1) is 17.9 Å². The van der Waals surface area contributed by atoms with Gasteiger partial charge < -0.3 is 10.1 Å². The van der Waals surface area contributed by atoms with E-state index in [0.717, 1.165) is 15.1 Å². The fraction of sp³-hybridized carbons (Fsp3) is 0.0526. The Bertz CT molecular complexity index is 1110. The number of hydrogen-bond donors (Lipinski definition) is 2. The lowest BCUT2D eigenvalue weighted by Gasteiger charge is -2.09. The Labute approximate surface area is 180 Å². The first-order valence-corrected chi connectivity index (χ1v) is 11.4. The highest BCUT2D eigenvalue weighted by Gasteiger charge is 2.16. The zero-order valence-corrected chi connectivity index (χ0v) is 18.2. The van der Waals surface area contributed by atoms with E-state index in [1.165, 1.54) is 12.3 Å². The molecule has 0 bridgehead atoms. The highest BCUT2D eigenvalue weighted by atomic mass is 79.9. The predicted molar refractivity (Wildman–Crippen MR) is 116 cm³/mol. The maximum atomic E-state index is 12.3. The molecule has 0 saturated heterocycles. The lowest BCUT2D eigenvalue weighted by molar-refractivity contribution is 0.0957. The molecular weight excluding hydrogens is 478 g/mol. The minimum Gasteiger partial charge on any atom is -0.439 e. The van der Waals surface area contributed by atoms with E-state index in [9.17, 15) is 13.2 Å². The van der Waals surface area contributed by atoms with Gasteiger partial charge in [-0.2, -0.15) is 0 Å². The molecule has 0 atom stereocenters. The van der Waals surface area contributed by atoms with Crippen molar-refractivity contribution in [2.45, 2.75) is 4.21 Å². The van der Waals surface area contributed by atoms with Gasteiger partial charge in [-0.3, -0.25) is 9.52 Å². The Kier molecular flexibility index (Phi) is 6.68. The SMILES string of the molecule is C=CCNC(=O)c1ccc(Oc2ccc(NS(=O)(=O)c3ccc(Br)s3)cc2)nc1. The lowest BCUT2D eigenvalue weighted by Crippen LogP contribution is -2.23. The average Bonchev–Trinajstić information content (AvgIpc) is 3.15. The molecule has 29 heavy (non-hydrogen) atoms. The number of ether oxygens (including phenoxy) is 1. The highest BCUT2D eigenvalue weighted by Crippen LogP contribution is 2.28. The summed E-state index contributed by atoms with van der Waals surface area (Å²) >= 11 is 4.38. The predicted octanol–water partition coefficient (Wildman–Crippen LogP) is 4.41. The van der Waals surface area contributed by atoms with Crippen molar-refractivity contribution in [2.75, 3.05) is 11.3 Å². The van der Waals surface area contributed by atoms with Crippen LogP contribution in [0.15, 0.2) is 75.4 Å². The van der Waals surface area contributed by atoms with Gasteiger partial charge in [0, 0.05) is 24.5 Å². The number of sulfonamides is 1. The van der Waals surface area contributed by atoms with Crippen LogP contribution in [0.3, 0.4) is 0 Å². The maximum absolute atomic E-state index is 12.3. The van der Waals surface area contributed by atoms with Gasteiger partial charge in [0.05, 0.1) is 9.35 Å². The third-order valence-corrected chi connectivity index (χ3v) is 7.04. The fourth-order valence-electron chi connectivity index (χ4n) is 2.20. The molecule has 0 aliphatic rings. The van der Waals surface area contributed by atoms with Gasteiger partial charge in [0.25, 0.3) is 15.9 Å². The highest BCUT2D eigenvalue weighted by molar-refractivity contribution is 9.11. The number of nitrogens with one attached hydrogen (secondary N) is 2. The number of benzene rings is 1. The fourth-order valence-corrected chi connectivity index (χ4v) is 5.27. The number of halogens is 1. The molecule has 0 fully saturated rings. The number of carbonyl (C=O) groups is 1. The van der Waals surface area contributed by atoms with E-state index < -0.39 is 10.0 Å². The Morgan fingerprint density at radius 3 is 2.52 bits per heavy atom. The summed E-state index contributed by atoms with van der Waals surface area (Å²) in [5, 5.41) is 2.66. The van der Waals surface area contributed by atoms with Crippen LogP contribution in [0.25, 0.3) is 0 Å². The van der Waals surface area contributed by atoms with E-state index in [2.05, 4.69) is 37.5 Å². The molecule has 150 valence electrons. The molecule has 0 radical (unpaired) electrons. The number of pyridine rings is 1. The first-order valence-electron chi connectivity index (χ1n) is 8.28. The molecule has 1 aromatic carbocycles. The summed E-state index contributed by atoms with van der Waals surface area (Å²) in [5.74, 6) is 0.531. The summed E-state index contributed by atoms with van der Waals surface area (Å²) < 4.78 is 33.8. The van der Waals surface area contributed by atoms with Gasteiger partial charge in [-0.1, -0.05) is 6.08 Å². The maximum Gasteiger partial charge on any atom is 0.271 e. The summed E-state index contributed by atoms with van der Waals surface area (Å²) in [5.41, 5.74) is 0.813. The van der Waals surface area contributed by atoms with Crippen LogP contribution >= 0.6 is 27.3 Å². The number of anilines is 1. The van der Waals surface area contributed by atoms with Crippen molar-refractivity contribution < 1.29 is 17.9 Å². The van der Waals surface area contributed by atoms with E-state index in [4.69, 9.17) is 4.74 Å². The van der Waals surface area contributed by atoms with Crippen LogP contribution in [0.1, 0.15) is 10.4 Å². The molecule has 0 spiro atoms. The molecule has 0 unspecified atom stereocenters. The second kappa shape index (κ2) is 9.21. The van der Waals surface area contributed by atoms with Gasteiger partial charge in [0.2, 0.25) is 5.88 Å². The molecular formula is C19H16BrN3O4S2. The van der Waals surface area contributed by atoms with Crippen molar-refractivity contribution >= 4 is 48.9 Å². The Morgan fingerprint density at radius 1 is 1.17 bits per heavy atom. The number of carbonyl (C=O) groups excluding carboxylic acids is 1. The summed E-state index contributed by atoms with van der Waals surface area (Å²) in [6.07, 6.45) is 3.00. The summed E-state index contributed by atoms with van der Waals surface area (Å²) in [6.45, 7) is 3.91. The molecule has 3 rings (SSSR count). The van der Waals surface area contributed by atoms with Crippen LogP contribution in [0.5, 0.6) is 11.6 Å². The van der Waals surface area contributed by atoms with E-state index in [1.807, 2.05) is 0 Å². The molecule has 0 aliphatic carbocycles. The molecule has 3 aromatic rings. The number of thiophene rings is 1. The zero-order valence-electron chi connectivity index (χ0n) is 15.0. The number of rotatable bonds is 8. The third kappa shape index (κ3) is 5.66. The van der Waals surface area contributed by atoms with Crippen molar-refractivity contribution in [3.63, 3.8) is 0 Å². The van der Waals surface area contributed by atoms with Crippen LogP contribution in [-0.2, 0) is 10.0 Å².